The van der Waals surface area contributed by atoms with Crippen molar-refractivity contribution in [3.63, 3.8) is 0 Å². The summed E-state index contributed by atoms with van der Waals surface area (Å²) >= 11 is 0. The number of aliphatic imine (C=N–C) groups is 1. The summed E-state index contributed by atoms with van der Waals surface area (Å²) in [5.41, 5.74) is 4.40. The second-order valence-corrected chi connectivity index (χ2v) is 6.93. The van der Waals surface area contributed by atoms with Gasteiger partial charge in [0.1, 0.15) is 5.69 Å². The maximum absolute atomic E-state index is 5.29. The van der Waals surface area contributed by atoms with Crippen LogP contribution >= 0.6 is 0 Å². The molecule has 0 bridgehead atoms. The Labute approximate surface area is 174 Å². The monoisotopic (exact) mass is 403 g/mol. The van der Waals surface area contributed by atoms with Crippen molar-refractivity contribution >= 4 is 16.9 Å². The molecule has 3 aromatic heterocycles. The van der Waals surface area contributed by atoms with Crippen LogP contribution in [0.4, 0.5) is 0 Å². The highest BCUT2D eigenvalue weighted by Crippen LogP contribution is 2.21. The average molecular weight is 403 g/mol. The first kappa shape index (κ1) is 19.6. The number of benzene rings is 1. The second kappa shape index (κ2) is 9.21. The molecule has 154 valence electrons. The van der Waals surface area contributed by atoms with Gasteiger partial charge in [-0.25, -0.2) is 0 Å². The summed E-state index contributed by atoms with van der Waals surface area (Å²) in [7, 11) is 1.76. The summed E-state index contributed by atoms with van der Waals surface area (Å²) in [5.74, 6) is 1.82. The number of nitrogens with zero attached hydrogens (tertiary/aromatic N) is 4. The number of aromatic nitrogens is 4. The van der Waals surface area contributed by atoms with Crippen LogP contribution in [0.3, 0.4) is 0 Å². The van der Waals surface area contributed by atoms with Crippen LogP contribution in [0, 0.1) is 6.92 Å². The third-order valence-corrected chi connectivity index (χ3v) is 4.91. The molecule has 0 unspecified atom stereocenters. The van der Waals surface area contributed by atoms with Crippen molar-refractivity contribution in [2.24, 2.45) is 4.99 Å². The van der Waals surface area contributed by atoms with Crippen LogP contribution in [0.1, 0.15) is 17.1 Å². The van der Waals surface area contributed by atoms with Gasteiger partial charge in [0.2, 0.25) is 0 Å². The molecule has 1 aromatic carbocycles. The van der Waals surface area contributed by atoms with E-state index in [-0.39, 0.29) is 0 Å². The minimum atomic E-state index is 0.433. The van der Waals surface area contributed by atoms with Crippen molar-refractivity contribution < 1.29 is 4.52 Å². The summed E-state index contributed by atoms with van der Waals surface area (Å²) in [6.45, 7) is 3.55. The molecule has 0 saturated heterocycles. The van der Waals surface area contributed by atoms with Crippen LogP contribution in [-0.4, -0.2) is 46.2 Å². The number of hydrogen-bond donors (Lipinski definition) is 3. The van der Waals surface area contributed by atoms with E-state index in [2.05, 4.69) is 66.9 Å². The Kier molecular flexibility index (Phi) is 6.03. The summed E-state index contributed by atoms with van der Waals surface area (Å²) in [5, 5.41) is 12.0. The molecule has 0 radical (unpaired) electrons. The molecule has 3 heterocycles. The Hall–Kier alpha value is -3.68. The fraction of sp³-hybridized carbons (Fsp3) is 0.273. The van der Waals surface area contributed by atoms with Crippen molar-refractivity contribution in [1.82, 2.24) is 30.7 Å². The molecule has 3 N–H and O–H groups in total. The van der Waals surface area contributed by atoms with Gasteiger partial charge in [0.05, 0.1) is 0 Å². The van der Waals surface area contributed by atoms with Gasteiger partial charge in [0.25, 0.3) is 5.89 Å². The van der Waals surface area contributed by atoms with Gasteiger partial charge >= 0.3 is 0 Å². The zero-order valence-corrected chi connectivity index (χ0v) is 17.1. The molecule has 0 saturated carbocycles. The first-order chi connectivity index (χ1) is 14.7. The Bertz CT molecular complexity index is 1130. The number of aryl methyl sites for hydroxylation is 1. The number of guanidine groups is 1. The van der Waals surface area contributed by atoms with Gasteiger partial charge in [0, 0.05) is 49.4 Å². The maximum atomic E-state index is 5.29. The molecule has 0 spiro atoms. The Morgan fingerprint density at radius 1 is 1.07 bits per heavy atom. The predicted molar refractivity (Wildman–Crippen MR) is 117 cm³/mol. The van der Waals surface area contributed by atoms with E-state index in [9.17, 15) is 0 Å². The van der Waals surface area contributed by atoms with Crippen LogP contribution in [0.5, 0.6) is 0 Å². The van der Waals surface area contributed by atoms with Gasteiger partial charge in [-0.1, -0.05) is 29.4 Å². The lowest BCUT2D eigenvalue weighted by Crippen LogP contribution is -2.39. The van der Waals surface area contributed by atoms with E-state index in [4.69, 9.17) is 4.52 Å². The van der Waals surface area contributed by atoms with E-state index in [1.807, 2.05) is 18.2 Å². The van der Waals surface area contributed by atoms with E-state index in [0.717, 1.165) is 18.9 Å². The fourth-order valence-electron chi connectivity index (χ4n) is 3.42. The van der Waals surface area contributed by atoms with Crippen LogP contribution in [-0.2, 0) is 12.8 Å². The Balaban J connectivity index is 1.25. The van der Waals surface area contributed by atoms with E-state index in [1.54, 1.807) is 13.2 Å². The van der Waals surface area contributed by atoms with Crippen molar-refractivity contribution in [3.05, 3.63) is 65.7 Å². The van der Waals surface area contributed by atoms with Gasteiger partial charge < -0.3 is 20.1 Å². The van der Waals surface area contributed by atoms with Gasteiger partial charge in [-0.15, -0.1) is 0 Å². The first-order valence-electron chi connectivity index (χ1n) is 9.99. The number of pyridine rings is 1. The molecule has 4 aromatic rings. The summed E-state index contributed by atoms with van der Waals surface area (Å²) < 4.78 is 5.29. The molecule has 0 fully saturated rings. The van der Waals surface area contributed by atoms with Crippen LogP contribution < -0.4 is 10.6 Å². The highest BCUT2D eigenvalue weighted by atomic mass is 16.5. The molecule has 0 atom stereocenters. The number of H-pyrrole nitrogens is 1. The standard InChI is InChI=1S/C22H25N7O/c1-15-16(17-7-3-4-8-18(17)27-15)10-13-25-22(23-2)26-14-11-20-28-21(30-29-20)19-9-5-6-12-24-19/h3-9,12,27H,10-11,13-14H2,1-2H3,(H2,23,25,26). The topological polar surface area (TPSA) is 104 Å². The average Bonchev–Trinajstić information content (AvgIpc) is 3.37. The van der Waals surface area contributed by atoms with Crippen LogP contribution in [0.25, 0.3) is 22.5 Å². The lowest BCUT2D eigenvalue weighted by atomic mass is 10.1. The van der Waals surface area contributed by atoms with E-state index in [1.165, 1.54) is 22.2 Å². The van der Waals surface area contributed by atoms with Gasteiger partial charge in [-0.05, 0) is 37.1 Å². The minimum absolute atomic E-state index is 0.433. The second-order valence-electron chi connectivity index (χ2n) is 6.93. The van der Waals surface area contributed by atoms with E-state index >= 15 is 0 Å². The summed E-state index contributed by atoms with van der Waals surface area (Å²) in [6.07, 6.45) is 3.24. The number of aromatic amines is 1. The minimum Gasteiger partial charge on any atom is -0.358 e. The molecule has 0 aliphatic carbocycles. The largest absolute Gasteiger partial charge is 0.358 e. The Morgan fingerprint density at radius 3 is 2.67 bits per heavy atom. The van der Waals surface area contributed by atoms with E-state index in [0.29, 0.717) is 30.4 Å². The zero-order chi connectivity index (χ0) is 20.8. The molecular weight excluding hydrogens is 378 g/mol. The lowest BCUT2D eigenvalue weighted by Gasteiger charge is -2.11. The number of fused-ring (bicyclic) bond motifs is 1. The molecule has 0 amide bonds. The van der Waals surface area contributed by atoms with Crippen LogP contribution in [0.2, 0.25) is 0 Å². The molecule has 8 nitrogen and oxygen atoms in total. The number of para-hydroxylation sites is 1. The summed E-state index contributed by atoms with van der Waals surface area (Å²) in [6, 6.07) is 14.0. The zero-order valence-electron chi connectivity index (χ0n) is 17.1. The highest BCUT2D eigenvalue weighted by Gasteiger charge is 2.10. The molecular formula is C22H25N7O. The highest BCUT2D eigenvalue weighted by molar-refractivity contribution is 5.84. The van der Waals surface area contributed by atoms with Crippen molar-refractivity contribution in [2.45, 2.75) is 19.8 Å². The molecule has 0 aliphatic heterocycles. The van der Waals surface area contributed by atoms with Gasteiger partial charge in [-0.3, -0.25) is 9.98 Å². The number of rotatable bonds is 7. The van der Waals surface area contributed by atoms with E-state index < -0.39 is 0 Å². The number of hydrogen-bond acceptors (Lipinski definition) is 5. The first-order valence-corrected chi connectivity index (χ1v) is 9.99. The third kappa shape index (κ3) is 4.48. The summed E-state index contributed by atoms with van der Waals surface area (Å²) in [4.78, 5) is 16.3. The maximum Gasteiger partial charge on any atom is 0.276 e. The smallest absolute Gasteiger partial charge is 0.276 e. The Morgan fingerprint density at radius 2 is 1.87 bits per heavy atom. The molecule has 30 heavy (non-hydrogen) atoms. The number of nitrogens with one attached hydrogen (secondary N) is 3. The third-order valence-electron chi connectivity index (χ3n) is 4.91. The normalized spacial score (nSPS) is 11.7. The SMILES string of the molecule is CN=C(NCCc1noc(-c2ccccn2)n1)NCCc1c(C)[nH]c2ccccc12. The van der Waals surface area contributed by atoms with Crippen molar-refractivity contribution in [1.29, 1.82) is 0 Å². The molecule has 4 rings (SSSR count). The van der Waals surface area contributed by atoms with Gasteiger partial charge in [-0.2, -0.15) is 4.98 Å². The fourth-order valence-corrected chi connectivity index (χ4v) is 3.42. The quantitative estimate of drug-likeness (QED) is 0.324. The lowest BCUT2D eigenvalue weighted by molar-refractivity contribution is 0.421. The molecule has 8 heteroatoms. The van der Waals surface area contributed by atoms with Gasteiger partial charge in [0.15, 0.2) is 11.8 Å². The predicted octanol–water partition coefficient (Wildman–Crippen LogP) is 2.87. The van der Waals surface area contributed by atoms with Crippen molar-refractivity contribution in [3.8, 4) is 11.6 Å². The molecule has 0 aliphatic rings. The van der Waals surface area contributed by atoms with Crippen LogP contribution in [0.15, 0.2) is 58.2 Å². The van der Waals surface area contributed by atoms with Crippen molar-refractivity contribution in [2.75, 3.05) is 20.1 Å².